The van der Waals surface area contributed by atoms with E-state index >= 15 is 0 Å². The topological polar surface area (TPSA) is 71.6 Å². The lowest BCUT2D eigenvalue weighted by Crippen LogP contribution is -2.29. The first-order valence-corrected chi connectivity index (χ1v) is 8.29. The maximum atomic E-state index is 12.8. The van der Waals surface area contributed by atoms with Crippen LogP contribution in [0.3, 0.4) is 0 Å². The van der Waals surface area contributed by atoms with Crippen molar-refractivity contribution in [1.82, 2.24) is 15.0 Å². The lowest BCUT2D eigenvalue weighted by Gasteiger charge is -2.22. The Balaban J connectivity index is 1.50. The van der Waals surface area contributed by atoms with Crippen molar-refractivity contribution in [3.8, 4) is 5.75 Å². The maximum absolute atomic E-state index is 12.8. The minimum absolute atomic E-state index is 0.184. The Hall–Kier alpha value is -1.99. The Bertz CT molecular complexity index is 632. The van der Waals surface area contributed by atoms with E-state index in [4.69, 9.17) is 14.4 Å². The molecule has 6 nitrogen and oxygen atoms in total. The third kappa shape index (κ3) is 4.52. The van der Waals surface area contributed by atoms with Gasteiger partial charge in [0.1, 0.15) is 11.6 Å². The average molecular weight is 335 g/mol. The Labute approximate surface area is 140 Å². The first kappa shape index (κ1) is 16.9. The van der Waals surface area contributed by atoms with Gasteiger partial charge in [0.25, 0.3) is 0 Å². The zero-order valence-corrected chi connectivity index (χ0v) is 13.5. The molecule has 24 heavy (non-hydrogen) atoms. The first-order valence-electron chi connectivity index (χ1n) is 8.29. The van der Waals surface area contributed by atoms with Crippen LogP contribution < -0.4 is 4.74 Å². The third-order valence-corrected chi connectivity index (χ3v) is 4.22. The van der Waals surface area contributed by atoms with E-state index in [1.807, 2.05) is 0 Å². The molecule has 0 radical (unpaired) electrons. The van der Waals surface area contributed by atoms with Gasteiger partial charge in [0.2, 0.25) is 11.7 Å². The van der Waals surface area contributed by atoms with E-state index in [0.717, 1.165) is 32.2 Å². The zero-order valence-electron chi connectivity index (χ0n) is 13.5. The number of aliphatic hydroxyl groups excluding tert-OH is 1. The van der Waals surface area contributed by atoms with Gasteiger partial charge >= 0.3 is 0 Å². The normalized spacial score (nSPS) is 18.2. The van der Waals surface area contributed by atoms with Gasteiger partial charge < -0.3 is 14.4 Å². The van der Waals surface area contributed by atoms with Crippen LogP contribution in [0.2, 0.25) is 0 Å². The molecule has 1 aromatic heterocycles. The number of aromatic nitrogens is 2. The van der Waals surface area contributed by atoms with Crippen LogP contribution in [0.5, 0.6) is 5.75 Å². The molecule has 1 aliphatic heterocycles. The summed E-state index contributed by atoms with van der Waals surface area (Å²) < 4.78 is 23.6. The number of nitrogens with zero attached hydrogens (tertiary/aromatic N) is 3. The summed E-state index contributed by atoms with van der Waals surface area (Å²) in [5.41, 5.74) is 0. The molecular formula is C17H22FN3O3. The molecule has 0 saturated carbocycles. The first-order chi connectivity index (χ1) is 11.7. The van der Waals surface area contributed by atoms with Crippen LogP contribution in [-0.4, -0.2) is 39.3 Å². The predicted molar refractivity (Wildman–Crippen MR) is 84.8 cm³/mol. The molecule has 1 unspecified atom stereocenters. The Morgan fingerprint density at radius 3 is 2.96 bits per heavy atom. The fourth-order valence-electron chi connectivity index (χ4n) is 3.02. The van der Waals surface area contributed by atoms with E-state index in [2.05, 4.69) is 15.0 Å². The molecule has 0 amide bonds. The maximum Gasteiger partial charge on any atom is 0.240 e. The van der Waals surface area contributed by atoms with Gasteiger partial charge in [-0.1, -0.05) is 5.16 Å². The van der Waals surface area contributed by atoms with Gasteiger partial charge in [0.15, 0.2) is 6.61 Å². The number of likely N-dealkylation sites (tertiary alicyclic amines) is 1. The van der Waals surface area contributed by atoms with E-state index in [1.54, 1.807) is 12.1 Å². The van der Waals surface area contributed by atoms with Gasteiger partial charge in [-0.2, -0.15) is 4.98 Å². The molecule has 0 spiro atoms. The highest BCUT2D eigenvalue weighted by Crippen LogP contribution is 2.23. The molecule has 7 heteroatoms. The molecule has 3 rings (SSSR count). The van der Waals surface area contributed by atoms with Gasteiger partial charge in [-0.3, -0.25) is 4.90 Å². The number of aliphatic hydroxyl groups is 1. The second-order valence-electron chi connectivity index (χ2n) is 5.98. The highest BCUT2D eigenvalue weighted by Gasteiger charge is 2.25. The van der Waals surface area contributed by atoms with E-state index in [1.165, 1.54) is 12.1 Å². The van der Waals surface area contributed by atoms with Crippen molar-refractivity contribution in [1.29, 1.82) is 0 Å². The fourth-order valence-corrected chi connectivity index (χ4v) is 3.02. The lowest BCUT2D eigenvalue weighted by molar-refractivity contribution is 0.188. The molecule has 1 saturated heterocycles. The minimum Gasteiger partial charge on any atom is -0.485 e. The molecule has 1 atom stereocenters. The van der Waals surface area contributed by atoms with Crippen molar-refractivity contribution >= 4 is 0 Å². The number of benzene rings is 1. The van der Waals surface area contributed by atoms with Crippen LogP contribution in [0.4, 0.5) is 4.39 Å². The molecule has 0 bridgehead atoms. The monoisotopic (exact) mass is 335 g/mol. The molecule has 2 aromatic rings. The predicted octanol–water partition coefficient (Wildman–Crippen LogP) is 2.52. The van der Waals surface area contributed by atoms with Crippen molar-refractivity contribution in [2.75, 3.05) is 13.2 Å². The number of hydrogen-bond donors (Lipinski definition) is 1. The Morgan fingerprint density at radius 2 is 2.17 bits per heavy atom. The highest BCUT2D eigenvalue weighted by atomic mass is 19.1. The standard InChI is InChI=1S/C17H22FN3O3/c18-13-5-7-15(8-6-13)23-12-16-19-17(24-20-16)11-21-9-1-3-14(21)4-2-10-22/h5-8,14,22H,1-4,9-12H2. The summed E-state index contributed by atoms with van der Waals surface area (Å²) in [4.78, 5) is 6.68. The molecule has 1 N–H and O–H groups in total. The van der Waals surface area contributed by atoms with Gasteiger partial charge in [-0.05, 0) is 56.5 Å². The summed E-state index contributed by atoms with van der Waals surface area (Å²) in [6.45, 7) is 2.05. The lowest BCUT2D eigenvalue weighted by atomic mass is 10.1. The Morgan fingerprint density at radius 1 is 1.33 bits per heavy atom. The summed E-state index contributed by atoms with van der Waals surface area (Å²) in [6.07, 6.45) is 4.12. The average Bonchev–Trinajstić information content (AvgIpc) is 3.22. The number of halogens is 1. The summed E-state index contributed by atoms with van der Waals surface area (Å²) in [5, 5.41) is 12.9. The largest absolute Gasteiger partial charge is 0.485 e. The SMILES string of the molecule is OCCCC1CCCN1Cc1nc(COc2ccc(F)cc2)no1. The number of ether oxygens (including phenoxy) is 1. The van der Waals surface area contributed by atoms with E-state index in [0.29, 0.717) is 30.1 Å². The van der Waals surface area contributed by atoms with E-state index in [-0.39, 0.29) is 19.0 Å². The van der Waals surface area contributed by atoms with Crippen molar-refractivity contribution in [2.45, 2.75) is 44.9 Å². The second-order valence-corrected chi connectivity index (χ2v) is 5.98. The molecule has 130 valence electrons. The number of hydrogen-bond acceptors (Lipinski definition) is 6. The fraction of sp³-hybridized carbons (Fsp3) is 0.529. The van der Waals surface area contributed by atoms with Crippen LogP contribution in [0.15, 0.2) is 28.8 Å². The second kappa shape index (κ2) is 8.21. The van der Waals surface area contributed by atoms with Crippen molar-refractivity contribution in [3.63, 3.8) is 0 Å². The van der Waals surface area contributed by atoms with E-state index in [9.17, 15) is 4.39 Å². The highest BCUT2D eigenvalue weighted by molar-refractivity contribution is 5.22. The van der Waals surface area contributed by atoms with Gasteiger partial charge in [0.05, 0.1) is 6.54 Å². The summed E-state index contributed by atoms with van der Waals surface area (Å²) in [6, 6.07) is 6.29. The Kier molecular flexibility index (Phi) is 5.77. The molecule has 1 aliphatic rings. The van der Waals surface area contributed by atoms with E-state index < -0.39 is 0 Å². The minimum atomic E-state index is -0.300. The van der Waals surface area contributed by atoms with Crippen LogP contribution in [0.25, 0.3) is 0 Å². The van der Waals surface area contributed by atoms with Crippen LogP contribution in [0, 0.1) is 5.82 Å². The molecule has 2 heterocycles. The van der Waals surface area contributed by atoms with Gasteiger partial charge in [-0.15, -0.1) is 0 Å². The van der Waals surface area contributed by atoms with Crippen molar-refractivity contribution < 1.29 is 18.8 Å². The summed E-state index contributed by atoms with van der Waals surface area (Å²) in [5.74, 6) is 1.31. The third-order valence-electron chi connectivity index (χ3n) is 4.22. The van der Waals surface area contributed by atoms with Gasteiger partial charge in [-0.25, -0.2) is 4.39 Å². The molecule has 0 aliphatic carbocycles. The summed E-state index contributed by atoms with van der Waals surface area (Å²) >= 11 is 0. The van der Waals surface area contributed by atoms with Crippen molar-refractivity contribution in [2.24, 2.45) is 0 Å². The smallest absolute Gasteiger partial charge is 0.240 e. The molecular weight excluding hydrogens is 313 g/mol. The van der Waals surface area contributed by atoms with Crippen LogP contribution >= 0.6 is 0 Å². The van der Waals surface area contributed by atoms with Crippen LogP contribution in [-0.2, 0) is 13.2 Å². The number of rotatable bonds is 8. The van der Waals surface area contributed by atoms with Crippen LogP contribution in [0.1, 0.15) is 37.4 Å². The van der Waals surface area contributed by atoms with Gasteiger partial charge in [0, 0.05) is 12.6 Å². The molecule has 1 fully saturated rings. The molecule has 1 aromatic carbocycles. The summed E-state index contributed by atoms with van der Waals surface area (Å²) in [7, 11) is 0. The quantitative estimate of drug-likeness (QED) is 0.799. The zero-order chi connectivity index (χ0) is 16.8. The van der Waals surface area contributed by atoms with Crippen molar-refractivity contribution in [3.05, 3.63) is 41.8 Å².